The van der Waals surface area contributed by atoms with Crippen LogP contribution in [0.2, 0.25) is 5.02 Å². The molecule has 2 unspecified atom stereocenters. The summed E-state index contributed by atoms with van der Waals surface area (Å²) in [5, 5.41) is 21.2. The van der Waals surface area contributed by atoms with Crippen LogP contribution >= 0.6 is 11.6 Å². The Labute approximate surface area is 232 Å². The number of amides is 2. The fraction of sp³-hybridized carbons (Fsp3) is 0.433. The second-order valence-electron chi connectivity index (χ2n) is 10.6. The molecule has 2 N–H and O–H groups in total. The van der Waals surface area contributed by atoms with E-state index in [0.717, 1.165) is 5.56 Å². The lowest BCUT2D eigenvalue weighted by atomic mass is 9.65. The molecule has 1 spiro atoms. The summed E-state index contributed by atoms with van der Waals surface area (Å²) >= 11 is 6.51. The maximum absolute atomic E-state index is 14.6. The number of rotatable bonds is 10. The van der Waals surface area contributed by atoms with E-state index in [1.165, 1.54) is 9.80 Å². The van der Waals surface area contributed by atoms with Gasteiger partial charge < -0.3 is 24.7 Å². The first kappa shape index (κ1) is 27.4. The molecule has 3 saturated heterocycles. The van der Waals surface area contributed by atoms with E-state index < -0.39 is 59.5 Å². The van der Waals surface area contributed by atoms with Crippen LogP contribution in [0.1, 0.15) is 31.7 Å². The summed E-state index contributed by atoms with van der Waals surface area (Å²) in [5.74, 6) is -4.15. The minimum atomic E-state index is -1.34. The third-order valence-corrected chi connectivity index (χ3v) is 9.08. The summed E-state index contributed by atoms with van der Waals surface area (Å²) < 4.78 is 6.64. The molecular weight excluding hydrogens is 520 g/mol. The van der Waals surface area contributed by atoms with Crippen LogP contribution in [0.4, 0.5) is 5.69 Å². The van der Waals surface area contributed by atoms with E-state index >= 15 is 0 Å². The molecule has 3 aliphatic rings. The van der Waals surface area contributed by atoms with Gasteiger partial charge in [0.25, 0.3) is 5.91 Å². The number of likely N-dealkylation sites (tertiary alicyclic amines) is 1. The van der Waals surface area contributed by atoms with E-state index in [4.69, 9.17) is 16.3 Å². The SMILES string of the molecule is C=CCN(C(=O)C1N([C@@H](CO)Cc2ccccc2)C(=O)[C@@H]2[C@@H](C(=O)O)[C@@]3(CC)CCC12O3)c1ccccc1Cl. The highest BCUT2D eigenvalue weighted by molar-refractivity contribution is 6.34. The average Bonchev–Trinajstić information content (AvgIpc) is 3.55. The van der Waals surface area contributed by atoms with Crippen LogP contribution in [0.25, 0.3) is 0 Å². The van der Waals surface area contributed by atoms with Crippen molar-refractivity contribution >= 4 is 35.1 Å². The Hall–Kier alpha value is -3.20. The predicted octanol–water partition coefficient (Wildman–Crippen LogP) is 3.70. The molecule has 5 rings (SSSR count). The van der Waals surface area contributed by atoms with E-state index in [1.54, 1.807) is 30.3 Å². The van der Waals surface area contributed by atoms with Crippen molar-refractivity contribution in [3.63, 3.8) is 0 Å². The van der Waals surface area contributed by atoms with Gasteiger partial charge in [-0.3, -0.25) is 14.4 Å². The first-order chi connectivity index (χ1) is 18.7. The number of benzene rings is 2. The van der Waals surface area contributed by atoms with E-state index in [0.29, 0.717) is 36.4 Å². The number of hydrogen-bond acceptors (Lipinski definition) is 5. The van der Waals surface area contributed by atoms with Crippen molar-refractivity contribution in [2.24, 2.45) is 11.8 Å². The first-order valence-electron chi connectivity index (χ1n) is 13.3. The van der Waals surface area contributed by atoms with Crippen molar-refractivity contribution in [3.8, 4) is 0 Å². The highest BCUT2D eigenvalue weighted by Crippen LogP contribution is 2.64. The summed E-state index contributed by atoms with van der Waals surface area (Å²) in [7, 11) is 0. The minimum absolute atomic E-state index is 0.117. The minimum Gasteiger partial charge on any atom is -0.481 e. The number of halogens is 1. The van der Waals surface area contributed by atoms with Crippen molar-refractivity contribution in [1.29, 1.82) is 0 Å². The van der Waals surface area contributed by atoms with Crippen LogP contribution in [0.5, 0.6) is 0 Å². The summed E-state index contributed by atoms with van der Waals surface area (Å²) in [6.45, 7) is 5.38. The van der Waals surface area contributed by atoms with E-state index in [1.807, 2.05) is 37.3 Å². The Morgan fingerprint density at radius 3 is 2.51 bits per heavy atom. The third-order valence-electron chi connectivity index (χ3n) is 8.76. The van der Waals surface area contributed by atoms with Gasteiger partial charge in [-0.2, -0.15) is 0 Å². The zero-order valence-corrected chi connectivity index (χ0v) is 22.6. The van der Waals surface area contributed by atoms with Crippen LogP contribution in [-0.4, -0.2) is 69.3 Å². The quantitative estimate of drug-likeness (QED) is 0.435. The molecule has 6 atom stereocenters. The number of hydrogen-bond donors (Lipinski definition) is 2. The van der Waals surface area contributed by atoms with Gasteiger partial charge in [0.05, 0.1) is 34.9 Å². The molecule has 2 aromatic rings. The number of para-hydroxylation sites is 1. The zero-order chi connectivity index (χ0) is 27.9. The Morgan fingerprint density at radius 1 is 1.21 bits per heavy atom. The van der Waals surface area contributed by atoms with Crippen LogP contribution in [0.15, 0.2) is 67.3 Å². The Kier molecular flexibility index (Phi) is 7.31. The molecule has 2 aromatic carbocycles. The van der Waals surface area contributed by atoms with Gasteiger partial charge in [-0.15, -0.1) is 6.58 Å². The molecule has 3 heterocycles. The van der Waals surface area contributed by atoms with Gasteiger partial charge in [0.2, 0.25) is 5.91 Å². The molecule has 2 bridgehead atoms. The van der Waals surface area contributed by atoms with Crippen molar-refractivity contribution in [2.75, 3.05) is 18.1 Å². The number of carbonyl (C=O) groups is 3. The van der Waals surface area contributed by atoms with Gasteiger partial charge in [-0.05, 0) is 43.4 Å². The zero-order valence-electron chi connectivity index (χ0n) is 21.8. The molecular formula is C30H33ClN2O6. The van der Waals surface area contributed by atoms with Crippen LogP contribution < -0.4 is 4.90 Å². The number of fused-ring (bicyclic) bond motifs is 1. The lowest BCUT2D eigenvalue weighted by Gasteiger charge is -2.39. The molecule has 0 saturated carbocycles. The number of ether oxygens (including phenoxy) is 1. The van der Waals surface area contributed by atoms with E-state index in [2.05, 4.69) is 6.58 Å². The number of aliphatic hydroxyl groups excluding tert-OH is 1. The van der Waals surface area contributed by atoms with Gasteiger partial charge in [-0.1, -0.05) is 67.1 Å². The highest BCUT2D eigenvalue weighted by atomic mass is 35.5. The van der Waals surface area contributed by atoms with Crippen molar-refractivity contribution < 1.29 is 29.3 Å². The Bertz CT molecular complexity index is 1290. The number of carboxylic acids is 1. The molecule has 8 nitrogen and oxygen atoms in total. The van der Waals surface area contributed by atoms with Gasteiger partial charge in [0, 0.05) is 6.54 Å². The fourth-order valence-corrected chi connectivity index (χ4v) is 7.33. The topological polar surface area (TPSA) is 107 Å². The van der Waals surface area contributed by atoms with Crippen LogP contribution in [0.3, 0.4) is 0 Å². The van der Waals surface area contributed by atoms with Crippen molar-refractivity contribution in [1.82, 2.24) is 4.90 Å². The predicted molar refractivity (Wildman–Crippen MR) is 146 cm³/mol. The molecule has 206 valence electrons. The summed E-state index contributed by atoms with van der Waals surface area (Å²) in [6, 6.07) is 14.4. The maximum Gasteiger partial charge on any atom is 0.310 e. The van der Waals surface area contributed by atoms with E-state index in [9.17, 15) is 24.6 Å². The molecule has 0 aromatic heterocycles. The Balaban J connectivity index is 1.65. The highest BCUT2D eigenvalue weighted by Gasteiger charge is 2.79. The van der Waals surface area contributed by atoms with Crippen LogP contribution in [-0.2, 0) is 25.5 Å². The number of anilines is 1. The third kappa shape index (κ3) is 4.17. The number of aliphatic carboxylic acids is 1. The summed E-state index contributed by atoms with van der Waals surface area (Å²) in [4.78, 5) is 44.4. The smallest absolute Gasteiger partial charge is 0.310 e. The summed E-state index contributed by atoms with van der Waals surface area (Å²) in [6.07, 6.45) is 3.07. The van der Waals surface area contributed by atoms with Gasteiger partial charge in [0.1, 0.15) is 17.6 Å². The summed E-state index contributed by atoms with van der Waals surface area (Å²) in [5.41, 5.74) is -1.03. The number of aliphatic hydroxyl groups is 1. The molecule has 3 aliphatic heterocycles. The standard InChI is InChI=1S/C30H33ClN2O6/c1-3-16-32(22-13-9-8-12-21(22)31)27(36)25-30-15-14-29(4-2,39-30)24(28(37)38)23(30)26(35)33(25)20(18-34)17-19-10-6-5-7-11-19/h3,5-13,20,23-25,34H,1,4,14-18H2,2H3,(H,37,38)/t20-,23+,24+,25?,29-,30?/m1/s1. The lowest BCUT2D eigenvalue weighted by Crippen LogP contribution is -2.59. The number of carboxylic acid groups (broad SMARTS) is 1. The van der Waals surface area contributed by atoms with Crippen molar-refractivity contribution in [3.05, 3.63) is 77.8 Å². The van der Waals surface area contributed by atoms with Crippen LogP contribution in [0, 0.1) is 11.8 Å². The average molecular weight is 553 g/mol. The number of nitrogens with zero attached hydrogens (tertiary/aromatic N) is 2. The van der Waals surface area contributed by atoms with Crippen molar-refractivity contribution in [2.45, 2.75) is 55.9 Å². The normalized spacial score (nSPS) is 29.8. The molecule has 0 aliphatic carbocycles. The monoisotopic (exact) mass is 552 g/mol. The molecule has 3 fully saturated rings. The molecule has 9 heteroatoms. The molecule has 0 radical (unpaired) electrons. The molecule has 2 amide bonds. The second-order valence-corrected chi connectivity index (χ2v) is 11.0. The Morgan fingerprint density at radius 2 is 1.90 bits per heavy atom. The lowest BCUT2D eigenvalue weighted by molar-refractivity contribution is -0.157. The fourth-order valence-electron chi connectivity index (χ4n) is 7.10. The molecule has 39 heavy (non-hydrogen) atoms. The van der Waals surface area contributed by atoms with E-state index in [-0.39, 0.29) is 6.54 Å². The second kappa shape index (κ2) is 10.4. The van der Waals surface area contributed by atoms with Gasteiger partial charge >= 0.3 is 5.97 Å². The van der Waals surface area contributed by atoms with Gasteiger partial charge in [0.15, 0.2) is 0 Å². The largest absolute Gasteiger partial charge is 0.481 e. The number of carbonyl (C=O) groups excluding carboxylic acids is 2. The maximum atomic E-state index is 14.6. The van der Waals surface area contributed by atoms with Gasteiger partial charge in [-0.25, -0.2) is 0 Å². The first-order valence-corrected chi connectivity index (χ1v) is 13.7.